The summed E-state index contributed by atoms with van der Waals surface area (Å²) in [5.74, 6) is -0.714. The first-order valence-corrected chi connectivity index (χ1v) is 10.9. The van der Waals surface area contributed by atoms with Gasteiger partial charge in [0.05, 0.1) is 29.3 Å². The van der Waals surface area contributed by atoms with Crippen molar-refractivity contribution in [1.82, 2.24) is 15.3 Å². The Hall–Kier alpha value is -2.72. The molecule has 7 heteroatoms. The van der Waals surface area contributed by atoms with Crippen LogP contribution >= 0.6 is 0 Å². The van der Waals surface area contributed by atoms with Crippen molar-refractivity contribution in [1.29, 1.82) is 5.26 Å². The first-order valence-electron chi connectivity index (χ1n) is 10.9. The summed E-state index contributed by atoms with van der Waals surface area (Å²) in [6.07, 6.45) is 4.32. The zero-order valence-corrected chi connectivity index (χ0v) is 18.1. The average Bonchev–Trinajstić information content (AvgIpc) is 2.73. The van der Waals surface area contributed by atoms with E-state index in [4.69, 9.17) is 14.7 Å². The summed E-state index contributed by atoms with van der Waals surface area (Å²) in [5.41, 5.74) is 1.85. The Bertz CT molecular complexity index is 900. The van der Waals surface area contributed by atoms with Gasteiger partial charge in [-0.1, -0.05) is 38.3 Å². The highest BCUT2D eigenvalue weighted by molar-refractivity contribution is 5.88. The zero-order chi connectivity index (χ0) is 21.5. The lowest BCUT2D eigenvalue weighted by molar-refractivity contribution is -0.121. The van der Waals surface area contributed by atoms with Crippen molar-refractivity contribution in [2.75, 3.05) is 24.5 Å². The monoisotopic (exact) mass is 409 g/mol. The number of nitrogens with zero attached hydrogens (tertiary/aromatic N) is 4. The lowest BCUT2D eigenvalue weighted by Crippen LogP contribution is -2.46. The normalized spacial score (nSPS) is 20.0. The fourth-order valence-corrected chi connectivity index (χ4v) is 3.89. The number of rotatable bonds is 8. The molecular weight excluding hydrogens is 378 g/mol. The van der Waals surface area contributed by atoms with Gasteiger partial charge < -0.3 is 15.0 Å². The maximum Gasteiger partial charge on any atom is 0.243 e. The molecule has 0 radical (unpaired) electrons. The number of nitriles is 1. The lowest BCUT2D eigenvalue weighted by atomic mass is 10.0. The molecule has 30 heavy (non-hydrogen) atoms. The molecule has 2 heterocycles. The molecule has 1 N–H and O–H groups in total. The summed E-state index contributed by atoms with van der Waals surface area (Å²) in [6, 6.07) is 9.72. The van der Waals surface area contributed by atoms with Crippen LogP contribution in [0.1, 0.15) is 58.1 Å². The van der Waals surface area contributed by atoms with Gasteiger partial charge in [0.1, 0.15) is 5.69 Å². The highest BCUT2D eigenvalue weighted by atomic mass is 16.5. The van der Waals surface area contributed by atoms with Crippen molar-refractivity contribution in [3.8, 4) is 6.07 Å². The Morgan fingerprint density at radius 2 is 1.87 bits per heavy atom. The van der Waals surface area contributed by atoms with Gasteiger partial charge in [-0.2, -0.15) is 5.26 Å². The lowest BCUT2D eigenvalue weighted by Gasteiger charge is -2.37. The number of amides is 1. The number of carbonyl (C=O) groups is 1. The van der Waals surface area contributed by atoms with Crippen molar-refractivity contribution < 1.29 is 9.53 Å². The minimum Gasteiger partial charge on any atom is -0.372 e. The van der Waals surface area contributed by atoms with Crippen molar-refractivity contribution in [3.63, 3.8) is 0 Å². The molecule has 0 saturated carbocycles. The number of hydrogen-bond donors (Lipinski definition) is 1. The Labute approximate surface area is 178 Å². The van der Waals surface area contributed by atoms with Crippen LogP contribution in [0.2, 0.25) is 0 Å². The van der Waals surface area contributed by atoms with Crippen LogP contribution in [-0.4, -0.2) is 47.7 Å². The molecule has 3 atom stereocenters. The van der Waals surface area contributed by atoms with E-state index in [1.807, 2.05) is 38.1 Å². The fourth-order valence-electron chi connectivity index (χ4n) is 3.89. The number of nitrogens with one attached hydrogen (secondary N) is 1. The van der Waals surface area contributed by atoms with Crippen LogP contribution in [0.5, 0.6) is 0 Å². The summed E-state index contributed by atoms with van der Waals surface area (Å²) in [7, 11) is 0. The molecule has 0 spiro atoms. The van der Waals surface area contributed by atoms with Gasteiger partial charge in [-0.15, -0.1) is 0 Å². The summed E-state index contributed by atoms with van der Waals surface area (Å²) in [5, 5.41) is 12.8. The molecule has 7 nitrogen and oxygen atoms in total. The van der Waals surface area contributed by atoms with Crippen LogP contribution in [0, 0.1) is 11.3 Å². The van der Waals surface area contributed by atoms with Crippen LogP contribution in [-0.2, 0) is 9.53 Å². The first kappa shape index (κ1) is 22.0. The molecule has 1 amide bonds. The predicted molar refractivity (Wildman–Crippen MR) is 117 cm³/mol. The second-order valence-electron chi connectivity index (χ2n) is 8.00. The smallest absolute Gasteiger partial charge is 0.243 e. The predicted octanol–water partition coefficient (Wildman–Crippen LogP) is 3.55. The molecule has 0 aliphatic carbocycles. The topological polar surface area (TPSA) is 91.1 Å². The van der Waals surface area contributed by atoms with Crippen LogP contribution in [0.15, 0.2) is 24.3 Å². The second kappa shape index (κ2) is 10.4. The Morgan fingerprint density at radius 1 is 1.20 bits per heavy atom. The third kappa shape index (κ3) is 5.25. The molecule has 1 aromatic heterocycles. The Kier molecular flexibility index (Phi) is 7.58. The van der Waals surface area contributed by atoms with Gasteiger partial charge in [0.25, 0.3) is 0 Å². The largest absolute Gasteiger partial charge is 0.372 e. The van der Waals surface area contributed by atoms with E-state index < -0.39 is 5.92 Å². The zero-order valence-electron chi connectivity index (χ0n) is 18.1. The van der Waals surface area contributed by atoms with Crippen LogP contribution in [0.4, 0.5) is 5.82 Å². The summed E-state index contributed by atoms with van der Waals surface area (Å²) < 4.78 is 5.85. The Balaban J connectivity index is 1.91. The van der Waals surface area contributed by atoms with Crippen molar-refractivity contribution in [2.45, 2.75) is 64.6 Å². The average molecular weight is 410 g/mol. The number of unbranched alkanes of at least 4 members (excludes halogenated alkanes) is 3. The Morgan fingerprint density at radius 3 is 2.50 bits per heavy atom. The van der Waals surface area contributed by atoms with Crippen LogP contribution in [0.3, 0.4) is 0 Å². The van der Waals surface area contributed by atoms with Gasteiger partial charge in [0, 0.05) is 19.6 Å². The van der Waals surface area contributed by atoms with E-state index in [-0.39, 0.29) is 18.1 Å². The SMILES string of the molecule is CCCCCCNC(=O)[C@@H](C#N)c1nc2ccccc2nc1N1C[C@@H](C)O[C@H](C)C1. The van der Waals surface area contributed by atoms with Gasteiger partial charge in [-0.05, 0) is 32.4 Å². The number of benzene rings is 1. The van der Waals surface area contributed by atoms with Crippen molar-refractivity contribution in [3.05, 3.63) is 30.0 Å². The molecule has 3 rings (SSSR count). The number of carbonyl (C=O) groups excluding carboxylic acids is 1. The molecule has 0 unspecified atom stereocenters. The van der Waals surface area contributed by atoms with E-state index in [1.54, 1.807) is 0 Å². The number of para-hydroxylation sites is 2. The molecule has 1 aliphatic rings. The van der Waals surface area contributed by atoms with Crippen molar-refractivity contribution >= 4 is 22.8 Å². The van der Waals surface area contributed by atoms with E-state index in [0.29, 0.717) is 36.7 Å². The minimum atomic E-state index is -1.00. The molecule has 0 bridgehead atoms. The van der Waals surface area contributed by atoms with E-state index in [1.165, 1.54) is 0 Å². The van der Waals surface area contributed by atoms with Crippen molar-refractivity contribution in [2.24, 2.45) is 0 Å². The number of fused-ring (bicyclic) bond motifs is 1. The fraction of sp³-hybridized carbons (Fsp3) is 0.565. The van der Waals surface area contributed by atoms with E-state index in [2.05, 4.69) is 23.2 Å². The van der Waals surface area contributed by atoms with Crippen LogP contribution < -0.4 is 10.2 Å². The molecule has 1 saturated heterocycles. The summed E-state index contributed by atoms with van der Waals surface area (Å²) >= 11 is 0. The molecule has 1 aliphatic heterocycles. The number of hydrogen-bond acceptors (Lipinski definition) is 6. The van der Waals surface area contributed by atoms with E-state index in [0.717, 1.165) is 31.2 Å². The van der Waals surface area contributed by atoms with Gasteiger partial charge in [-0.3, -0.25) is 4.79 Å². The quantitative estimate of drug-likeness (QED) is 0.671. The highest BCUT2D eigenvalue weighted by Crippen LogP contribution is 2.29. The first-order chi connectivity index (χ1) is 14.5. The number of morpholine rings is 1. The maximum absolute atomic E-state index is 12.9. The molecule has 1 aromatic carbocycles. The van der Waals surface area contributed by atoms with Gasteiger partial charge in [0.2, 0.25) is 5.91 Å². The highest BCUT2D eigenvalue weighted by Gasteiger charge is 2.31. The molecular formula is C23H31N5O2. The van der Waals surface area contributed by atoms with Gasteiger partial charge in [-0.25, -0.2) is 9.97 Å². The minimum absolute atomic E-state index is 0.0304. The number of anilines is 1. The van der Waals surface area contributed by atoms with Crippen LogP contribution in [0.25, 0.3) is 11.0 Å². The third-order valence-electron chi connectivity index (χ3n) is 5.29. The molecule has 160 valence electrons. The van der Waals surface area contributed by atoms with Gasteiger partial charge in [0.15, 0.2) is 11.7 Å². The summed E-state index contributed by atoms with van der Waals surface area (Å²) in [6.45, 7) is 8.03. The maximum atomic E-state index is 12.9. The van der Waals surface area contributed by atoms with Gasteiger partial charge >= 0.3 is 0 Å². The number of aromatic nitrogens is 2. The summed E-state index contributed by atoms with van der Waals surface area (Å²) in [4.78, 5) is 24.5. The molecule has 2 aromatic rings. The number of ether oxygens (including phenoxy) is 1. The second-order valence-corrected chi connectivity index (χ2v) is 8.00. The third-order valence-corrected chi connectivity index (χ3v) is 5.29. The van der Waals surface area contributed by atoms with E-state index in [9.17, 15) is 10.1 Å². The standard InChI is InChI=1S/C23H31N5O2/c1-4-5-6-9-12-25-23(29)18(13-24)21-22(28-14-16(2)30-17(3)15-28)27-20-11-8-7-10-19(20)26-21/h7-8,10-11,16-18H,4-6,9,12,14-15H2,1-3H3,(H,25,29)/t16-,17-,18+/m1/s1. The molecule has 1 fully saturated rings. The van der Waals surface area contributed by atoms with E-state index >= 15 is 0 Å².